The number of amides is 1. The van der Waals surface area contributed by atoms with Gasteiger partial charge in [-0.2, -0.15) is 5.10 Å². The second-order valence-corrected chi connectivity index (χ2v) is 7.99. The summed E-state index contributed by atoms with van der Waals surface area (Å²) in [5.41, 5.74) is 4.32. The van der Waals surface area contributed by atoms with E-state index in [1.165, 1.54) is 5.01 Å². The van der Waals surface area contributed by atoms with E-state index in [4.69, 9.17) is 16.7 Å². The highest BCUT2D eigenvalue weighted by molar-refractivity contribution is 6.30. The Labute approximate surface area is 185 Å². The van der Waals surface area contributed by atoms with Crippen molar-refractivity contribution >= 4 is 40.1 Å². The second-order valence-electron chi connectivity index (χ2n) is 7.63. The van der Waals surface area contributed by atoms with Gasteiger partial charge in [-0.15, -0.1) is 0 Å². The first-order valence-electron chi connectivity index (χ1n) is 10.2. The van der Waals surface area contributed by atoms with Crippen molar-refractivity contribution in [1.29, 1.82) is 0 Å². The third-order valence-corrected chi connectivity index (χ3v) is 5.74. The molecule has 3 aromatic rings. The molecule has 31 heavy (non-hydrogen) atoms. The lowest BCUT2D eigenvalue weighted by atomic mass is 9.97. The number of carboxylic acid groups (broad SMARTS) is 1. The van der Waals surface area contributed by atoms with E-state index in [1.54, 1.807) is 0 Å². The number of para-hydroxylation sites is 1. The molecule has 7 heteroatoms. The molecule has 0 unspecified atom stereocenters. The highest BCUT2D eigenvalue weighted by Crippen LogP contribution is 2.38. The number of pyridine rings is 1. The van der Waals surface area contributed by atoms with E-state index in [0.717, 1.165) is 33.3 Å². The van der Waals surface area contributed by atoms with Gasteiger partial charge >= 0.3 is 5.97 Å². The maximum Gasteiger partial charge on any atom is 0.303 e. The number of hydrazone groups is 1. The van der Waals surface area contributed by atoms with Crippen molar-refractivity contribution < 1.29 is 14.7 Å². The number of carbonyl (C=O) groups excluding carboxylic acids is 1. The SMILES string of the molecule is Cc1cccc2cc([C@@H]3CC(c4ccccc4)=NN3C(=O)CCCC(=O)O)c(Cl)nc12. The van der Waals surface area contributed by atoms with E-state index in [9.17, 15) is 9.59 Å². The molecule has 0 bridgehead atoms. The molecule has 0 radical (unpaired) electrons. The zero-order valence-corrected chi connectivity index (χ0v) is 17.8. The van der Waals surface area contributed by atoms with Gasteiger partial charge in [0.05, 0.1) is 17.3 Å². The van der Waals surface area contributed by atoms with Gasteiger partial charge in [-0.1, -0.05) is 60.1 Å². The predicted molar refractivity (Wildman–Crippen MR) is 120 cm³/mol. The normalized spacial score (nSPS) is 15.9. The van der Waals surface area contributed by atoms with Crippen molar-refractivity contribution in [1.82, 2.24) is 9.99 Å². The predicted octanol–water partition coefficient (Wildman–Crippen LogP) is 5.13. The Morgan fingerprint density at radius 3 is 2.65 bits per heavy atom. The number of nitrogens with zero attached hydrogens (tertiary/aromatic N) is 3. The van der Waals surface area contributed by atoms with E-state index in [2.05, 4.69) is 10.1 Å². The molecule has 2 aromatic carbocycles. The van der Waals surface area contributed by atoms with Crippen LogP contribution in [-0.4, -0.2) is 32.7 Å². The van der Waals surface area contributed by atoms with Crippen LogP contribution in [-0.2, 0) is 9.59 Å². The van der Waals surface area contributed by atoms with E-state index in [1.807, 2.05) is 61.5 Å². The Kier molecular flexibility index (Phi) is 6.00. The smallest absolute Gasteiger partial charge is 0.303 e. The molecule has 1 amide bonds. The molecule has 0 fully saturated rings. The minimum Gasteiger partial charge on any atom is -0.481 e. The van der Waals surface area contributed by atoms with Crippen LogP contribution in [0, 0.1) is 6.92 Å². The number of fused-ring (bicyclic) bond motifs is 1. The third-order valence-electron chi connectivity index (χ3n) is 5.44. The van der Waals surface area contributed by atoms with Gasteiger partial charge < -0.3 is 5.11 Å². The van der Waals surface area contributed by atoms with E-state index < -0.39 is 12.0 Å². The van der Waals surface area contributed by atoms with Gasteiger partial charge in [-0.25, -0.2) is 9.99 Å². The highest BCUT2D eigenvalue weighted by atomic mass is 35.5. The number of carbonyl (C=O) groups is 2. The molecule has 158 valence electrons. The van der Waals surface area contributed by atoms with E-state index in [0.29, 0.717) is 11.6 Å². The lowest BCUT2D eigenvalue weighted by Crippen LogP contribution is -2.27. The van der Waals surface area contributed by atoms with Gasteiger partial charge in [0.1, 0.15) is 5.15 Å². The zero-order valence-electron chi connectivity index (χ0n) is 17.1. The van der Waals surface area contributed by atoms with Gasteiger partial charge in [0, 0.05) is 30.2 Å². The van der Waals surface area contributed by atoms with Gasteiger partial charge in [-0.3, -0.25) is 9.59 Å². The fraction of sp³-hybridized carbons (Fsp3) is 0.250. The lowest BCUT2D eigenvalue weighted by Gasteiger charge is -2.23. The minimum atomic E-state index is -0.920. The average molecular weight is 436 g/mol. The second kappa shape index (κ2) is 8.86. The Morgan fingerprint density at radius 1 is 1.13 bits per heavy atom. The van der Waals surface area contributed by atoms with Gasteiger partial charge in [0.15, 0.2) is 0 Å². The van der Waals surface area contributed by atoms with Crippen LogP contribution in [0.25, 0.3) is 10.9 Å². The maximum absolute atomic E-state index is 13.0. The fourth-order valence-electron chi connectivity index (χ4n) is 3.87. The van der Waals surface area contributed by atoms with Crippen molar-refractivity contribution in [3.8, 4) is 0 Å². The molecule has 1 atom stereocenters. The van der Waals surface area contributed by atoms with Crippen LogP contribution in [0.1, 0.15) is 48.4 Å². The topological polar surface area (TPSA) is 82.9 Å². The van der Waals surface area contributed by atoms with Crippen molar-refractivity contribution in [2.75, 3.05) is 0 Å². The first kappa shape index (κ1) is 21.0. The lowest BCUT2D eigenvalue weighted by molar-refractivity contribution is -0.137. The van der Waals surface area contributed by atoms with Crippen molar-refractivity contribution in [2.45, 2.75) is 38.6 Å². The molecular formula is C24H22ClN3O3. The van der Waals surface area contributed by atoms with Crippen LogP contribution >= 0.6 is 11.6 Å². The van der Waals surface area contributed by atoms with Gasteiger partial charge in [0.2, 0.25) is 5.91 Å². The van der Waals surface area contributed by atoms with Crippen LogP contribution in [0.5, 0.6) is 0 Å². The van der Waals surface area contributed by atoms with Crippen LogP contribution in [0.15, 0.2) is 59.7 Å². The number of rotatable bonds is 6. The molecule has 0 saturated carbocycles. The Balaban J connectivity index is 1.71. The van der Waals surface area contributed by atoms with Crippen molar-refractivity contribution in [3.05, 3.63) is 76.4 Å². The number of halogens is 1. The molecule has 1 aliphatic rings. The number of benzene rings is 2. The molecule has 1 N–H and O–H groups in total. The van der Waals surface area contributed by atoms with Gasteiger partial charge in [0.25, 0.3) is 0 Å². The third kappa shape index (κ3) is 4.44. The first-order chi connectivity index (χ1) is 14.9. The van der Waals surface area contributed by atoms with Crippen molar-refractivity contribution in [3.63, 3.8) is 0 Å². The molecule has 4 rings (SSSR count). The number of hydrogen-bond donors (Lipinski definition) is 1. The number of aromatic nitrogens is 1. The summed E-state index contributed by atoms with van der Waals surface area (Å²) in [5, 5.41) is 16.3. The molecule has 2 heterocycles. The number of aliphatic carboxylic acids is 1. The Hall–Kier alpha value is -3.25. The molecule has 0 spiro atoms. The quantitative estimate of drug-likeness (QED) is 0.544. The first-order valence-corrected chi connectivity index (χ1v) is 10.5. The van der Waals surface area contributed by atoms with Crippen LogP contribution in [0.3, 0.4) is 0 Å². The fourth-order valence-corrected chi connectivity index (χ4v) is 4.13. The summed E-state index contributed by atoms with van der Waals surface area (Å²) in [6.45, 7) is 1.98. The number of hydrogen-bond acceptors (Lipinski definition) is 4. The maximum atomic E-state index is 13.0. The van der Waals surface area contributed by atoms with Crippen LogP contribution < -0.4 is 0 Å². The number of carboxylic acids is 1. The summed E-state index contributed by atoms with van der Waals surface area (Å²) in [4.78, 5) is 28.4. The average Bonchev–Trinajstić information content (AvgIpc) is 3.20. The number of aryl methyl sites for hydroxylation is 1. The molecule has 1 aliphatic heterocycles. The molecule has 1 aromatic heterocycles. The summed E-state index contributed by atoms with van der Waals surface area (Å²) in [6, 6.07) is 17.2. The van der Waals surface area contributed by atoms with Crippen LogP contribution in [0.4, 0.5) is 0 Å². The van der Waals surface area contributed by atoms with Crippen molar-refractivity contribution in [2.24, 2.45) is 5.10 Å². The van der Waals surface area contributed by atoms with E-state index in [-0.39, 0.29) is 25.2 Å². The minimum absolute atomic E-state index is 0.0585. The standard InChI is InChI=1S/C24H22ClN3O3/c1-15-7-5-10-17-13-18(24(25)26-23(15)17)20-14-19(16-8-3-2-4-9-16)27-28(20)21(29)11-6-12-22(30)31/h2-5,7-10,13,20H,6,11-12,14H2,1H3,(H,30,31)/t20-/m0/s1. The summed E-state index contributed by atoms with van der Waals surface area (Å²) in [7, 11) is 0. The molecule has 0 aliphatic carbocycles. The van der Waals surface area contributed by atoms with E-state index >= 15 is 0 Å². The highest BCUT2D eigenvalue weighted by Gasteiger charge is 2.34. The zero-order chi connectivity index (χ0) is 22.0. The summed E-state index contributed by atoms with van der Waals surface area (Å²) in [6.07, 6.45) is 0.813. The molecule has 0 saturated heterocycles. The largest absolute Gasteiger partial charge is 0.481 e. The molecule has 6 nitrogen and oxygen atoms in total. The Morgan fingerprint density at radius 2 is 1.90 bits per heavy atom. The Bertz CT molecular complexity index is 1180. The summed E-state index contributed by atoms with van der Waals surface area (Å²) < 4.78 is 0. The van der Waals surface area contributed by atoms with Crippen LogP contribution in [0.2, 0.25) is 5.15 Å². The molecular weight excluding hydrogens is 414 g/mol. The van der Waals surface area contributed by atoms with Gasteiger partial charge in [-0.05, 0) is 30.5 Å². The summed E-state index contributed by atoms with van der Waals surface area (Å²) >= 11 is 6.59. The summed E-state index contributed by atoms with van der Waals surface area (Å²) in [5.74, 6) is -1.14. The monoisotopic (exact) mass is 435 g/mol.